The maximum absolute atomic E-state index is 8.10. The minimum atomic E-state index is 0.270. The molecule has 0 bridgehead atoms. The van der Waals surface area contributed by atoms with E-state index in [4.69, 9.17) is 10.8 Å². The van der Waals surface area contributed by atoms with Gasteiger partial charge in [-0.15, -0.1) is 0 Å². The average Bonchev–Trinajstić information content (AvgIpc) is 2.85. The van der Waals surface area contributed by atoms with E-state index in [0.29, 0.717) is 17.5 Å². The van der Waals surface area contributed by atoms with Crippen molar-refractivity contribution in [1.29, 1.82) is 10.8 Å². The highest BCUT2D eigenvalue weighted by atomic mass is 15.2. The van der Waals surface area contributed by atoms with Crippen molar-refractivity contribution < 1.29 is 0 Å². The van der Waals surface area contributed by atoms with Crippen LogP contribution >= 0.6 is 0 Å². The molecule has 1 heterocycles. The molecule has 3 heteroatoms. The molecule has 1 aliphatic carbocycles. The molecule has 2 aliphatic rings. The van der Waals surface area contributed by atoms with Gasteiger partial charge in [-0.3, -0.25) is 0 Å². The molecule has 1 aliphatic heterocycles. The summed E-state index contributed by atoms with van der Waals surface area (Å²) in [6.45, 7) is 4.82. The number of likely N-dealkylation sites (tertiary alicyclic amines) is 1. The number of hydrogen-bond donors (Lipinski definition) is 2. The molecule has 22 heavy (non-hydrogen) atoms. The first-order valence-electron chi connectivity index (χ1n) is 8.41. The quantitative estimate of drug-likeness (QED) is 0.815. The Morgan fingerprint density at radius 1 is 1.09 bits per heavy atom. The molecule has 0 spiro atoms. The Balaban J connectivity index is 2.09. The monoisotopic (exact) mass is 297 g/mol. The number of fused-ring (bicyclic) bond motifs is 1. The third kappa shape index (κ3) is 2.32. The molecule has 0 amide bonds. The topological polar surface area (TPSA) is 50.9 Å². The van der Waals surface area contributed by atoms with Crippen molar-refractivity contribution >= 4 is 11.4 Å². The van der Waals surface area contributed by atoms with Crippen LogP contribution in [0.25, 0.3) is 0 Å². The molecule has 118 valence electrons. The normalized spacial score (nSPS) is 28.4. The van der Waals surface area contributed by atoms with Crippen molar-refractivity contribution in [1.82, 2.24) is 4.90 Å². The summed E-state index contributed by atoms with van der Waals surface area (Å²) in [5.41, 5.74) is 4.64. The molecular formula is C19H27N3. The third-order valence-electron chi connectivity index (χ3n) is 5.83. The molecule has 1 saturated heterocycles. The molecule has 2 atom stereocenters. The number of nitrogens with zero attached hydrogens (tertiary/aromatic N) is 1. The Kier molecular flexibility index (Phi) is 3.94. The van der Waals surface area contributed by atoms with Crippen LogP contribution < -0.4 is 0 Å². The van der Waals surface area contributed by atoms with Gasteiger partial charge in [-0.25, -0.2) is 0 Å². The number of nitrogens with one attached hydrogen (secondary N) is 2. The smallest absolute Gasteiger partial charge is 0.0362 e. The van der Waals surface area contributed by atoms with Gasteiger partial charge in [-0.1, -0.05) is 25.0 Å². The minimum absolute atomic E-state index is 0.270. The highest BCUT2D eigenvalue weighted by Crippen LogP contribution is 2.48. The molecule has 2 fully saturated rings. The van der Waals surface area contributed by atoms with Gasteiger partial charge < -0.3 is 15.7 Å². The molecule has 3 nitrogen and oxygen atoms in total. The van der Waals surface area contributed by atoms with Crippen LogP contribution in [0.2, 0.25) is 0 Å². The predicted molar refractivity (Wildman–Crippen MR) is 92.6 cm³/mol. The van der Waals surface area contributed by atoms with Gasteiger partial charge in [0.1, 0.15) is 0 Å². The van der Waals surface area contributed by atoms with Crippen LogP contribution in [0.3, 0.4) is 0 Å². The van der Waals surface area contributed by atoms with Crippen molar-refractivity contribution in [3.8, 4) is 0 Å². The molecule has 1 aromatic carbocycles. The van der Waals surface area contributed by atoms with Crippen LogP contribution in [-0.2, 0) is 5.41 Å². The van der Waals surface area contributed by atoms with Crippen LogP contribution in [0.15, 0.2) is 18.2 Å². The molecular weight excluding hydrogens is 270 g/mol. The lowest BCUT2D eigenvalue weighted by atomic mass is 9.66. The van der Waals surface area contributed by atoms with E-state index in [9.17, 15) is 0 Å². The summed E-state index contributed by atoms with van der Waals surface area (Å²) in [7, 11) is 2.26. The number of likely N-dealkylation sites (N-methyl/N-ethyl adjacent to an activating group) is 1. The van der Waals surface area contributed by atoms with E-state index in [-0.39, 0.29) is 5.41 Å². The largest absolute Gasteiger partial charge is 0.305 e. The first kappa shape index (κ1) is 15.4. The number of rotatable bonds is 3. The SMILES string of the molecule is CC(=N)c1ccc(C23CCCCC2N(C)CC3)cc1C(C)=N. The second-order valence-corrected chi connectivity index (χ2v) is 7.16. The zero-order valence-electron chi connectivity index (χ0n) is 14.0. The predicted octanol–water partition coefficient (Wildman–Crippen LogP) is 3.98. The Bertz CT molecular complexity index is 615. The van der Waals surface area contributed by atoms with E-state index < -0.39 is 0 Å². The highest BCUT2D eigenvalue weighted by Gasteiger charge is 2.48. The molecule has 3 rings (SSSR count). The summed E-state index contributed by atoms with van der Waals surface area (Å²) in [5.74, 6) is 0. The maximum Gasteiger partial charge on any atom is 0.0362 e. The fraction of sp³-hybridized carbons (Fsp3) is 0.579. The zero-order chi connectivity index (χ0) is 15.9. The van der Waals surface area contributed by atoms with Gasteiger partial charge in [0.25, 0.3) is 0 Å². The maximum atomic E-state index is 8.10. The minimum Gasteiger partial charge on any atom is -0.305 e. The van der Waals surface area contributed by atoms with E-state index in [1.807, 2.05) is 13.8 Å². The lowest BCUT2D eigenvalue weighted by Gasteiger charge is -2.42. The van der Waals surface area contributed by atoms with Crippen molar-refractivity contribution in [2.45, 2.75) is 57.4 Å². The van der Waals surface area contributed by atoms with Gasteiger partial charge >= 0.3 is 0 Å². The fourth-order valence-electron chi connectivity index (χ4n) is 4.66. The van der Waals surface area contributed by atoms with Crippen molar-refractivity contribution in [2.75, 3.05) is 13.6 Å². The van der Waals surface area contributed by atoms with Crippen LogP contribution in [-0.4, -0.2) is 36.0 Å². The number of benzene rings is 1. The molecule has 0 aromatic heterocycles. The summed E-state index contributed by atoms with van der Waals surface area (Å²) in [4.78, 5) is 2.53. The van der Waals surface area contributed by atoms with Crippen LogP contribution in [0.5, 0.6) is 0 Å². The summed E-state index contributed by atoms with van der Waals surface area (Å²) >= 11 is 0. The Hall–Kier alpha value is -1.48. The number of hydrogen-bond acceptors (Lipinski definition) is 3. The van der Waals surface area contributed by atoms with Gasteiger partial charge in [0, 0.05) is 34.0 Å². The standard InChI is InChI=1S/C19H27N3/c1-13(20)16-8-7-15(12-17(16)14(2)21)19-9-5-4-6-18(19)22(3)11-10-19/h7-8,12,18,20-21H,4-6,9-11H2,1-3H3. The summed E-state index contributed by atoms with van der Waals surface area (Å²) in [6, 6.07) is 7.17. The Morgan fingerprint density at radius 3 is 2.50 bits per heavy atom. The molecule has 2 unspecified atom stereocenters. The lowest BCUT2D eigenvalue weighted by Crippen LogP contribution is -2.43. The molecule has 1 saturated carbocycles. The molecule has 1 aromatic rings. The van der Waals surface area contributed by atoms with E-state index >= 15 is 0 Å². The molecule has 0 radical (unpaired) electrons. The van der Waals surface area contributed by atoms with Crippen molar-refractivity contribution in [2.24, 2.45) is 0 Å². The molecule has 2 N–H and O–H groups in total. The van der Waals surface area contributed by atoms with Gasteiger partial charge in [0.05, 0.1) is 0 Å². The lowest BCUT2D eigenvalue weighted by molar-refractivity contribution is 0.182. The van der Waals surface area contributed by atoms with Gasteiger partial charge in [0.2, 0.25) is 0 Å². The Labute approximate surface area is 133 Å². The summed E-state index contributed by atoms with van der Waals surface area (Å²) < 4.78 is 0. The van der Waals surface area contributed by atoms with Gasteiger partial charge in [0.15, 0.2) is 0 Å². The second-order valence-electron chi connectivity index (χ2n) is 7.16. The first-order chi connectivity index (χ1) is 10.5. The van der Waals surface area contributed by atoms with E-state index in [1.54, 1.807) is 0 Å². The van der Waals surface area contributed by atoms with Gasteiger partial charge in [-0.2, -0.15) is 0 Å². The van der Waals surface area contributed by atoms with E-state index in [1.165, 1.54) is 44.2 Å². The average molecular weight is 297 g/mol. The third-order valence-corrected chi connectivity index (χ3v) is 5.83. The highest BCUT2D eigenvalue weighted by molar-refractivity contribution is 6.09. The van der Waals surface area contributed by atoms with Crippen molar-refractivity contribution in [3.63, 3.8) is 0 Å². The van der Waals surface area contributed by atoms with Crippen molar-refractivity contribution in [3.05, 3.63) is 34.9 Å². The van der Waals surface area contributed by atoms with Crippen LogP contribution in [0.1, 0.15) is 62.6 Å². The first-order valence-corrected chi connectivity index (χ1v) is 8.41. The zero-order valence-corrected chi connectivity index (χ0v) is 14.0. The second kappa shape index (κ2) is 5.62. The summed E-state index contributed by atoms with van der Waals surface area (Å²) in [5, 5.41) is 16.1. The van der Waals surface area contributed by atoms with E-state index in [2.05, 4.69) is 30.1 Å². The van der Waals surface area contributed by atoms with E-state index in [0.717, 1.165) is 11.1 Å². The van der Waals surface area contributed by atoms with Gasteiger partial charge in [-0.05, 0) is 58.3 Å². The van der Waals surface area contributed by atoms with Crippen LogP contribution in [0, 0.1) is 10.8 Å². The Morgan fingerprint density at radius 2 is 1.82 bits per heavy atom. The summed E-state index contributed by atoms with van der Waals surface area (Å²) in [6.07, 6.45) is 6.44. The fourth-order valence-corrected chi connectivity index (χ4v) is 4.66. The van der Waals surface area contributed by atoms with Crippen LogP contribution in [0.4, 0.5) is 0 Å².